The van der Waals surface area contributed by atoms with Crippen molar-refractivity contribution in [3.8, 4) is 17.1 Å². The standard InChI is InChI=1S/C17H13ClF2N4O2/c1-8-21-16(23-24(8)2)9-7-14(25)10(6-13(9)20)17(26)22-15-11(18)4-3-5-12(15)19/h3-7,25H,1-2H3,(H,22,26). The van der Waals surface area contributed by atoms with Gasteiger partial charge in [-0.05, 0) is 31.2 Å². The van der Waals surface area contributed by atoms with Crippen molar-refractivity contribution < 1.29 is 18.7 Å². The minimum absolute atomic E-state index is 0.0249. The lowest BCUT2D eigenvalue weighted by atomic mass is 10.1. The number of phenolic OH excluding ortho intramolecular Hbond substituents is 1. The Hall–Kier alpha value is -3.00. The van der Waals surface area contributed by atoms with Crippen LogP contribution in [-0.2, 0) is 7.05 Å². The van der Waals surface area contributed by atoms with Crippen molar-refractivity contribution in [1.82, 2.24) is 14.8 Å². The molecule has 0 unspecified atom stereocenters. The number of nitrogens with one attached hydrogen (secondary N) is 1. The Kier molecular flexibility index (Phi) is 4.60. The lowest BCUT2D eigenvalue weighted by molar-refractivity contribution is 0.102. The van der Waals surface area contributed by atoms with E-state index in [4.69, 9.17) is 11.6 Å². The summed E-state index contributed by atoms with van der Waals surface area (Å²) in [5, 5.41) is 16.4. The number of carbonyl (C=O) groups is 1. The lowest BCUT2D eigenvalue weighted by Crippen LogP contribution is -2.14. The first-order valence-electron chi connectivity index (χ1n) is 7.44. The summed E-state index contributed by atoms with van der Waals surface area (Å²) in [5.41, 5.74) is -0.699. The normalized spacial score (nSPS) is 10.8. The fraction of sp³-hybridized carbons (Fsp3) is 0.118. The van der Waals surface area contributed by atoms with E-state index in [9.17, 15) is 18.7 Å². The molecule has 0 aliphatic rings. The van der Waals surface area contributed by atoms with Gasteiger partial charge < -0.3 is 10.4 Å². The molecule has 9 heteroatoms. The van der Waals surface area contributed by atoms with E-state index in [2.05, 4.69) is 15.4 Å². The fourth-order valence-electron chi connectivity index (χ4n) is 2.29. The molecule has 0 radical (unpaired) electrons. The molecule has 1 amide bonds. The van der Waals surface area contributed by atoms with Gasteiger partial charge in [0.1, 0.15) is 23.2 Å². The Balaban J connectivity index is 1.96. The van der Waals surface area contributed by atoms with E-state index in [1.165, 1.54) is 16.8 Å². The average molecular weight is 379 g/mol. The van der Waals surface area contributed by atoms with Gasteiger partial charge in [-0.15, -0.1) is 0 Å². The minimum Gasteiger partial charge on any atom is -0.507 e. The van der Waals surface area contributed by atoms with Crippen LogP contribution in [0.3, 0.4) is 0 Å². The smallest absolute Gasteiger partial charge is 0.259 e. The highest BCUT2D eigenvalue weighted by molar-refractivity contribution is 6.34. The van der Waals surface area contributed by atoms with Crippen LogP contribution in [0, 0.1) is 18.6 Å². The Morgan fingerprint density at radius 1 is 1.27 bits per heavy atom. The van der Waals surface area contributed by atoms with Gasteiger partial charge in [0.2, 0.25) is 0 Å². The lowest BCUT2D eigenvalue weighted by Gasteiger charge is -2.10. The summed E-state index contributed by atoms with van der Waals surface area (Å²) < 4.78 is 29.7. The zero-order valence-electron chi connectivity index (χ0n) is 13.7. The molecule has 1 heterocycles. The van der Waals surface area contributed by atoms with Crippen molar-refractivity contribution >= 4 is 23.2 Å². The van der Waals surface area contributed by atoms with Crippen molar-refractivity contribution in [2.24, 2.45) is 7.05 Å². The van der Waals surface area contributed by atoms with Crippen molar-refractivity contribution in [3.63, 3.8) is 0 Å². The van der Waals surface area contributed by atoms with E-state index >= 15 is 0 Å². The summed E-state index contributed by atoms with van der Waals surface area (Å²) in [6, 6.07) is 5.75. The molecule has 2 aromatic carbocycles. The number of aromatic nitrogens is 3. The zero-order valence-corrected chi connectivity index (χ0v) is 14.5. The van der Waals surface area contributed by atoms with E-state index in [0.717, 1.165) is 18.2 Å². The van der Waals surface area contributed by atoms with E-state index < -0.39 is 23.3 Å². The topological polar surface area (TPSA) is 80.0 Å². The third-order valence-corrected chi connectivity index (χ3v) is 4.07. The molecule has 26 heavy (non-hydrogen) atoms. The van der Waals surface area contributed by atoms with Gasteiger partial charge in [0.15, 0.2) is 5.82 Å². The van der Waals surface area contributed by atoms with Crippen LogP contribution in [0.25, 0.3) is 11.4 Å². The molecule has 1 aromatic heterocycles. The second kappa shape index (κ2) is 6.72. The van der Waals surface area contributed by atoms with Crippen molar-refractivity contribution in [3.05, 3.63) is 58.4 Å². The second-order valence-electron chi connectivity index (χ2n) is 5.51. The van der Waals surface area contributed by atoms with Gasteiger partial charge in [-0.1, -0.05) is 17.7 Å². The third-order valence-electron chi connectivity index (χ3n) is 3.75. The molecule has 0 aliphatic heterocycles. The van der Waals surface area contributed by atoms with Crippen LogP contribution in [-0.4, -0.2) is 25.8 Å². The van der Waals surface area contributed by atoms with Gasteiger partial charge in [0.25, 0.3) is 5.91 Å². The molecule has 0 bridgehead atoms. The van der Waals surface area contributed by atoms with E-state index in [0.29, 0.717) is 5.82 Å². The monoisotopic (exact) mass is 378 g/mol. The van der Waals surface area contributed by atoms with Crippen LogP contribution in [0.1, 0.15) is 16.2 Å². The molecular formula is C17H13ClF2N4O2. The minimum atomic E-state index is -0.912. The third kappa shape index (κ3) is 3.23. The van der Waals surface area contributed by atoms with Crippen molar-refractivity contribution in [2.45, 2.75) is 6.92 Å². The van der Waals surface area contributed by atoms with Crippen LogP contribution in [0.15, 0.2) is 30.3 Å². The van der Waals surface area contributed by atoms with Gasteiger partial charge in [-0.2, -0.15) is 5.10 Å². The van der Waals surface area contributed by atoms with Crippen LogP contribution in [0.4, 0.5) is 14.5 Å². The summed E-state index contributed by atoms with van der Waals surface area (Å²) in [4.78, 5) is 16.4. The summed E-state index contributed by atoms with van der Waals surface area (Å²) in [7, 11) is 1.64. The molecule has 0 saturated carbocycles. The molecule has 3 rings (SSSR count). The van der Waals surface area contributed by atoms with Gasteiger partial charge >= 0.3 is 0 Å². The fourth-order valence-corrected chi connectivity index (χ4v) is 2.50. The van der Waals surface area contributed by atoms with Crippen LogP contribution in [0.5, 0.6) is 5.75 Å². The van der Waals surface area contributed by atoms with Crippen molar-refractivity contribution in [2.75, 3.05) is 5.32 Å². The van der Waals surface area contributed by atoms with E-state index in [1.807, 2.05) is 0 Å². The number of anilines is 1. The largest absolute Gasteiger partial charge is 0.507 e. The number of aryl methyl sites for hydroxylation is 2. The second-order valence-corrected chi connectivity index (χ2v) is 5.91. The highest BCUT2D eigenvalue weighted by atomic mass is 35.5. The van der Waals surface area contributed by atoms with Crippen LogP contribution >= 0.6 is 11.6 Å². The highest BCUT2D eigenvalue weighted by Gasteiger charge is 2.20. The van der Waals surface area contributed by atoms with E-state index in [-0.39, 0.29) is 27.7 Å². The number of hydrogen-bond acceptors (Lipinski definition) is 4. The first-order chi connectivity index (χ1) is 12.3. The quantitative estimate of drug-likeness (QED) is 0.728. The van der Waals surface area contributed by atoms with Gasteiger partial charge in [0, 0.05) is 7.05 Å². The number of nitrogens with zero attached hydrogens (tertiary/aromatic N) is 3. The predicted molar refractivity (Wildman–Crippen MR) is 92.2 cm³/mol. The van der Waals surface area contributed by atoms with Crippen LogP contribution < -0.4 is 5.32 Å². The maximum Gasteiger partial charge on any atom is 0.259 e. The maximum absolute atomic E-state index is 14.4. The molecule has 6 nitrogen and oxygen atoms in total. The maximum atomic E-state index is 14.4. The summed E-state index contributed by atoms with van der Waals surface area (Å²) in [6.07, 6.45) is 0. The number of benzene rings is 2. The zero-order chi connectivity index (χ0) is 19.0. The number of phenols is 1. The SMILES string of the molecule is Cc1nc(-c2cc(O)c(C(=O)Nc3c(F)cccc3Cl)cc2F)nn1C. The average Bonchev–Trinajstić information content (AvgIpc) is 2.91. The van der Waals surface area contributed by atoms with Crippen molar-refractivity contribution in [1.29, 1.82) is 0 Å². The first-order valence-corrected chi connectivity index (χ1v) is 7.81. The molecule has 2 N–H and O–H groups in total. The summed E-state index contributed by atoms with van der Waals surface area (Å²) >= 11 is 5.84. The number of halogens is 3. The molecule has 0 aliphatic carbocycles. The summed E-state index contributed by atoms with van der Waals surface area (Å²) in [6.45, 7) is 1.69. The summed E-state index contributed by atoms with van der Waals surface area (Å²) in [5.74, 6) is -2.35. The number of rotatable bonds is 3. The molecular weight excluding hydrogens is 366 g/mol. The Morgan fingerprint density at radius 3 is 2.62 bits per heavy atom. The molecule has 0 saturated heterocycles. The number of carbonyl (C=O) groups excluding carboxylic acids is 1. The molecule has 3 aromatic rings. The number of para-hydroxylation sites is 1. The molecule has 0 atom stereocenters. The number of hydrogen-bond donors (Lipinski definition) is 2. The van der Waals surface area contributed by atoms with Gasteiger partial charge in [-0.3, -0.25) is 9.48 Å². The predicted octanol–water partition coefficient (Wildman–Crippen LogP) is 3.68. The first kappa shape index (κ1) is 17.8. The van der Waals surface area contributed by atoms with E-state index in [1.54, 1.807) is 14.0 Å². The Labute approximate surface area is 152 Å². The number of amides is 1. The Morgan fingerprint density at radius 2 is 2.00 bits per heavy atom. The van der Waals surface area contributed by atoms with Gasteiger partial charge in [-0.25, -0.2) is 13.8 Å². The molecule has 0 spiro atoms. The van der Waals surface area contributed by atoms with Gasteiger partial charge in [0.05, 0.1) is 21.8 Å². The number of aromatic hydroxyl groups is 1. The highest BCUT2D eigenvalue weighted by Crippen LogP contribution is 2.30. The Bertz CT molecular complexity index is 980. The molecule has 0 fully saturated rings. The van der Waals surface area contributed by atoms with Crippen LogP contribution in [0.2, 0.25) is 5.02 Å². The molecule has 134 valence electrons.